The first-order valence-electron chi connectivity index (χ1n) is 6.97. The molecule has 0 aromatic heterocycles. The topological polar surface area (TPSA) is 41.5 Å². The highest BCUT2D eigenvalue weighted by Gasteiger charge is 2.22. The molecule has 2 unspecified atom stereocenters. The van der Waals surface area contributed by atoms with Gasteiger partial charge in [0.1, 0.15) is 5.75 Å². The minimum Gasteiger partial charge on any atom is -0.497 e. The van der Waals surface area contributed by atoms with Gasteiger partial charge in [0.2, 0.25) is 0 Å². The van der Waals surface area contributed by atoms with E-state index in [0.29, 0.717) is 5.92 Å². The lowest BCUT2D eigenvalue weighted by molar-refractivity contribution is 0.0285. The van der Waals surface area contributed by atoms with Crippen LogP contribution in [-0.4, -0.2) is 31.4 Å². The summed E-state index contributed by atoms with van der Waals surface area (Å²) in [7, 11) is 3.59. The van der Waals surface area contributed by atoms with E-state index in [0.717, 1.165) is 31.6 Å². The van der Waals surface area contributed by atoms with Gasteiger partial charge in [-0.1, -0.05) is 19.1 Å². The smallest absolute Gasteiger partial charge is 0.118 e. The fraction of sp³-hybridized carbons (Fsp3) is 0.625. The molecule has 0 heterocycles. The second kappa shape index (κ2) is 7.51. The van der Waals surface area contributed by atoms with Crippen LogP contribution >= 0.6 is 0 Å². The maximum Gasteiger partial charge on any atom is 0.118 e. The molecule has 0 radical (unpaired) electrons. The average molecular weight is 265 g/mol. The minimum absolute atomic E-state index is 0.459. The number of aliphatic hydroxyl groups is 1. The molecule has 1 aromatic rings. The maximum atomic E-state index is 10.3. The van der Waals surface area contributed by atoms with Gasteiger partial charge in [0, 0.05) is 0 Å². The maximum absolute atomic E-state index is 10.3. The third-order valence-electron chi connectivity index (χ3n) is 3.45. The number of methoxy groups -OCH3 is 1. The summed E-state index contributed by atoms with van der Waals surface area (Å²) in [6.45, 7) is 4.97. The van der Waals surface area contributed by atoms with E-state index in [9.17, 15) is 5.11 Å². The van der Waals surface area contributed by atoms with Crippen LogP contribution in [0.25, 0.3) is 0 Å². The quantitative estimate of drug-likeness (QED) is 0.759. The molecule has 0 aliphatic carbocycles. The zero-order chi connectivity index (χ0) is 14.3. The van der Waals surface area contributed by atoms with Crippen LogP contribution in [0.1, 0.15) is 32.3 Å². The minimum atomic E-state index is -0.588. The van der Waals surface area contributed by atoms with E-state index in [1.807, 2.05) is 26.1 Å². The van der Waals surface area contributed by atoms with Crippen LogP contribution < -0.4 is 10.1 Å². The molecule has 2 N–H and O–H groups in total. The van der Waals surface area contributed by atoms with Crippen molar-refractivity contribution in [2.45, 2.75) is 38.7 Å². The molecular weight excluding hydrogens is 238 g/mol. The Morgan fingerprint density at radius 3 is 2.47 bits per heavy atom. The van der Waals surface area contributed by atoms with Gasteiger partial charge in [-0.15, -0.1) is 0 Å². The Kier molecular flexibility index (Phi) is 6.32. The van der Waals surface area contributed by atoms with Crippen LogP contribution in [-0.2, 0) is 6.42 Å². The van der Waals surface area contributed by atoms with Crippen molar-refractivity contribution in [1.29, 1.82) is 0 Å². The van der Waals surface area contributed by atoms with Crippen molar-refractivity contribution in [3.05, 3.63) is 29.8 Å². The summed E-state index contributed by atoms with van der Waals surface area (Å²) in [4.78, 5) is 0. The van der Waals surface area contributed by atoms with Crippen molar-refractivity contribution < 1.29 is 9.84 Å². The fourth-order valence-electron chi connectivity index (χ4n) is 2.48. The van der Waals surface area contributed by atoms with E-state index in [4.69, 9.17) is 4.74 Å². The van der Waals surface area contributed by atoms with Gasteiger partial charge < -0.3 is 15.2 Å². The molecule has 3 heteroatoms. The Bertz CT molecular complexity index is 360. The van der Waals surface area contributed by atoms with Crippen molar-refractivity contribution in [2.24, 2.45) is 5.92 Å². The third-order valence-corrected chi connectivity index (χ3v) is 3.45. The molecule has 0 saturated heterocycles. The average Bonchev–Trinajstić information content (AvgIpc) is 2.36. The summed E-state index contributed by atoms with van der Waals surface area (Å²) < 4.78 is 5.15. The van der Waals surface area contributed by atoms with Gasteiger partial charge in [-0.3, -0.25) is 0 Å². The monoisotopic (exact) mass is 265 g/mol. The van der Waals surface area contributed by atoms with Gasteiger partial charge in [0.25, 0.3) is 0 Å². The Morgan fingerprint density at radius 2 is 1.95 bits per heavy atom. The van der Waals surface area contributed by atoms with Crippen LogP contribution in [0.15, 0.2) is 24.3 Å². The van der Waals surface area contributed by atoms with Crippen LogP contribution in [0.3, 0.4) is 0 Å². The van der Waals surface area contributed by atoms with Gasteiger partial charge >= 0.3 is 0 Å². The number of nitrogens with one attached hydrogen (secondary N) is 1. The zero-order valence-electron chi connectivity index (χ0n) is 12.6. The normalized spacial score (nSPS) is 15.8. The number of hydrogen-bond acceptors (Lipinski definition) is 3. The SMILES string of the molecule is CNCCC(C)(O)CC(C)Cc1ccc(OC)cc1. The molecule has 0 saturated carbocycles. The predicted octanol–water partition coefficient (Wildman–Crippen LogP) is 2.62. The highest BCUT2D eigenvalue weighted by atomic mass is 16.5. The molecule has 0 bridgehead atoms. The van der Waals surface area contributed by atoms with Gasteiger partial charge in [0.15, 0.2) is 0 Å². The highest BCUT2D eigenvalue weighted by Crippen LogP contribution is 2.23. The summed E-state index contributed by atoms with van der Waals surface area (Å²) in [5, 5.41) is 13.4. The molecule has 2 atom stereocenters. The number of hydrogen-bond donors (Lipinski definition) is 2. The lowest BCUT2D eigenvalue weighted by Gasteiger charge is -2.26. The van der Waals surface area contributed by atoms with Gasteiger partial charge in [-0.25, -0.2) is 0 Å². The Labute approximate surface area is 117 Å². The molecule has 1 aromatic carbocycles. The summed E-state index contributed by atoms with van der Waals surface area (Å²) in [5.41, 5.74) is 0.701. The zero-order valence-corrected chi connectivity index (χ0v) is 12.6. The second-order valence-electron chi connectivity index (χ2n) is 5.71. The van der Waals surface area contributed by atoms with E-state index < -0.39 is 5.60 Å². The van der Waals surface area contributed by atoms with Crippen LogP contribution in [0.2, 0.25) is 0 Å². The molecule has 0 spiro atoms. The molecule has 0 amide bonds. The Morgan fingerprint density at radius 1 is 1.32 bits per heavy atom. The second-order valence-corrected chi connectivity index (χ2v) is 5.71. The first-order chi connectivity index (χ1) is 8.96. The molecule has 0 aliphatic heterocycles. The van der Waals surface area contributed by atoms with Crippen molar-refractivity contribution >= 4 is 0 Å². The van der Waals surface area contributed by atoms with Crippen molar-refractivity contribution in [3.8, 4) is 5.75 Å². The van der Waals surface area contributed by atoms with E-state index in [-0.39, 0.29) is 0 Å². The molecule has 19 heavy (non-hydrogen) atoms. The van der Waals surface area contributed by atoms with E-state index in [1.165, 1.54) is 5.56 Å². The van der Waals surface area contributed by atoms with Gasteiger partial charge in [-0.2, -0.15) is 0 Å². The lowest BCUT2D eigenvalue weighted by Crippen LogP contribution is -2.31. The molecule has 108 valence electrons. The molecular formula is C16H27NO2. The number of rotatable bonds is 8. The Hall–Kier alpha value is -1.06. The summed E-state index contributed by atoms with van der Waals surface area (Å²) in [6, 6.07) is 8.16. The van der Waals surface area contributed by atoms with Crippen LogP contribution in [0.4, 0.5) is 0 Å². The predicted molar refractivity (Wildman–Crippen MR) is 79.6 cm³/mol. The van der Waals surface area contributed by atoms with E-state index >= 15 is 0 Å². The van der Waals surface area contributed by atoms with Crippen molar-refractivity contribution in [1.82, 2.24) is 5.32 Å². The highest BCUT2D eigenvalue weighted by molar-refractivity contribution is 5.27. The summed E-state index contributed by atoms with van der Waals surface area (Å²) in [6.07, 6.45) is 2.59. The first-order valence-corrected chi connectivity index (χ1v) is 6.97. The standard InChI is InChI=1S/C16H27NO2/c1-13(12-16(2,18)9-10-17-3)11-14-5-7-15(19-4)8-6-14/h5-8,13,17-18H,9-12H2,1-4H3. The summed E-state index contributed by atoms with van der Waals surface area (Å²) in [5.74, 6) is 1.35. The fourth-order valence-corrected chi connectivity index (χ4v) is 2.48. The Balaban J connectivity index is 2.47. The van der Waals surface area contributed by atoms with Crippen LogP contribution in [0.5, 0.6) is 5.75 Å². The van der Waals surface area contributed by atoms with Crippen molar-refractivity contribution in [2.75, 3.05) is 20.7 Å². The number of benzene rings is 1. The largest absolute Gasteiger partial charge is 0.497 e. The number of ether oxygens (including phenoxy) is 1. The van der Waals surface area contributed by atoms with Gasteiger partial charge in [0.05, 0.1) is 12.7 Å². The lowest BCUT2D eigenvalue weighted by atomic mass is 9.87. The van der Waals surface area contributed by atoms with Crippen LogP contribution in [0, 0.1) is 5.92 Å². The van der Waals surface area contributed by atoms with E-state index in [1.54, 1.807) is 7.11 Å². The summed E-state index contributed by atoms with van der Waals surface area (Å²) >= 11 is 0. The third kappa shape index (κ3) is 6.08. The molecule has 0 aliphatic rings. The molecule has 1 rings (SSSR count). The van der Waals surface area contributed by atoms with E-state index in [2.05, 4.69) is 24.4 Å². The van der Waals surface area contributed by atoms with Crippen molar-refractivity contribution in [3.63, 3.8) is 0 Å². The molecule has 3 nitrogen and oxygen atoms in total. The van der Waals surface area contributed by atoms with Gasteiger partial charge in [-0.05, 0) is 63.4 Å². The molecule has 0 fully saturated rings. The first kappa shape index (κ1) is 16.0.